The average molecular weight is 789 g/mol. The van der Waals surface area contributed by atoms with E-state index in [1.165, 1.54) is 6.92 Å². The van der Waals surface area contributed by atoms with Crippen LogP contribution in [0.2, 0.25) is 0 Å². The van der Waals surface area contributed by atoms with E-state index in [4.69, 9.17) is 33.2 Å². The van der Waals surface area contributed by atoms with Crippen molar-refractivity contribution in [2.75, 3.05) is 19.8 Å². The molecule has 14 heteroatoms. The number of azide groups is 1. The number of unbranched alkanes of at least 4 members (excludes halogenated alkanes) is 2. The molecule has 2 saturated heterocycles. The predicted molar refractivity (Wildman–Crippen MR) is 210 cm³/mol. The molecule has 0 radical (unpaired) electrons. The molecule has 3 aromatic rings. The predicted octanol–water partition coefficient (Wildman–Crippen LogP) is 7.33. The van der Waals surface area contributed by atoms with Crippen molar-refractivity contribution in [3.63, 3.8) is 0 Å². The molecule has 2 aliphatic heterocycles. The fourth-order valence-electron chi connectivity index (χ4n) is 7.12. The lowest BCUT2D eigenvalue weighted by Gasteiger charge is -2.48. The molecule has 2 heterocycles. The van der Waals surface area contributed by atoms with E-state index < -0.39 is 66.9 Å². The largest absolute Gasteiger partial charge is 0.463 e. The molecule has 0 bridgehead atoms. The first-order valence-corrected chi connectivity index (χ1v) is 19.7. The van der Waals surface area contributed by atoms with Gasteiger partial charge in [-0.1, -0.05) is 110 Å². The molecular formula is C43H56N4O10. The first-order chi connectivity index (χ1) is 27.6. The molecule has 57 heavy (non-hydrogen) atoms. The van der Waals surface area contributed by atoms with Crippen LogP contribution >= 0.6 is 0 Å². The van der Waals surface area contributed by atoms with Gasteiger partial charge in [0.25, 0.3) is 0 Å². The minimum Gasteiger partial charge on any atom is -0.463 e. The highest BCUT2D eigenvalue weighted by atomic mass is 16.7. The highest BCUT2D eigenvalue weighted by Crippen LogP contribution is 2.37. The fraction of sp³-hybridized carbons (Fsp3) is 0.535. The number of rotatable bonds is 19. The Balaban J connectivity index is 1.17. The van der Waals surface area contributed by atoms with Crippen LogP contribution in [0.3, 0.4) is 0 Å². The molecule has 1 N–H and O–H groups in total. The number of carbonyl (C=O) groups is 2. The SMILES string of the molecule is CC(=O)OCC1O[C@H](OCCCCCN(Cc2ccccc2)C(=O)OCc2ccccc2)C(N=[N+]=[N-])[C@@H](C)[C@@H]1O[C@@H]1OC(C)[C@@H](O)C(OCc2ccccc2)[C@@H]1C. The number of carbonyl (C=O) groups excluding carboxylic acids is 2. The van der Waals surface area contributed by atoms with Gasteiger partial charge in [-0.15, -0.1) is 0 Å². The second-order valence-electron chi connectivity index (χ2n) is 14.7. The molecule has 0 saturated carbocycles. The van der Waals surface area contributed by atoms with Crippen molar-refractivity contribution in [3.05, 3.63) is 118 Å². The van der Waals surface area contributed by atoms with Gasteiger partial charge in [-0.3, -0.25) is 4.79 Å². The quantitative estimate of drug-likeness (QED) is 0.0427. The molecule has 4 unspecified atom stereocenters. The Hall–Kier alpha value is -4.53. The molecule has 1 amide bonds. The van der Waals surface area contributed by atoms with Crippen molar-refractivity contribution in [1.29, 1.82) is 0 Å². The van der Waals surface area contributed by atoms with E-state index in [0.717, 1.165) is 23.1 Å². The van der Waals surface area contributed by atoms with Crippen LogP contribution in [0.15, 0.2) is 96.1 Å². The van der Waals surface area contributed by atoms with Crippen LogP contribution in [-0.4, -0.2) is 91.0 Å². The lowest BCUT2D eigenvalue weighted by atomic mass is 9.88. The zero-order valence-electron chi connectivity index (χ0n) is 33.2. The van der Waals surface area contributed by atoms with Gasteiger partial charge in [-0.25, -0.2) is 4.79 Å². The highest BCUT2D eigenvalue weighted by Gasteiger charge is 2.49. The van der Waals surface area contributed by atoms with E-state index in [1.807, 2.05) is 105 Å². The number of nitrogens with zero attached hydrogens (tertiary/aromatic N) is 4. The van der Waals surface area contributed by atoms with E-state index in [1.54, 1.807) is 11.8 Å². The van der Waals surface area contributed by atoms with E-state index >= 15 is 0 Å². The Kier molecular flexibility index (Phi) is 17.1. The van der Waals surface area contributed by atoms with Gasteiger partial charge in [0.05, 0.1) is 31.0 Å². The summed E-state index contributed by atoms with van der Waals surface area (Å²) >= 11 is 0. The van der Waals surface area contributed by atoms with Gasteiger partial charge >= 0.3 is 12.1 Å². The second kappa shape index (κ2) is 22.4. The monoisotopic (exact) mass is 788 g/mol. The van der Waals surface area contributed by atoms with Crippen molar-refractivity contribution in [2.45, 2.75) is 116 Å². The maximum Gasteiger partial charge on any atom is 0.410 e. The number of esters is 1. The van der Waals surface area contributed by atoms with Crippen LogP contribution < -0.4 is 0 Å². The summed E-state index contributed by atoms with van der Waals surface area (Å²) in [4.78, 5) is 29.9. The fourth-order valence-corrected chi connectivity index (χ4v) is 7.12. The third kappa shape index (κ3) is 13.0. The average Bonchev–Trinajstić information content (AvgIpc) is 3.22. The smallest absolute Gasteiger partial charge is 0.410 e. The number of hydrogen-bond donors (Lipinski definition) is 1. The first-order valence-electron chi connectivity index (χ1n) is 19.7. The Morgan fingerprint density at radius 3 is 2.04 bits per heavy atom. The number of aliphatic hydroxyl groups excluding tert-OH is 1. The van der Waals surface area contributed by atoms with Gasteiger partial charge in [0, 0.05) is 37.4 Å². The third-order valence-corrected chi connectivity index (χ3v) is 10.4. The molecule has 308 valence electrons. The summed E-state index contributed by atoms with van der Waals surface area (Å²) in [6.45, 7) is 8.39. The summed E-state index contributed by atoms with van der Waals surface area (Å²) in [6.07, 6.45) is -3.67. The molecule has 0 aromatic heterocycles. The third-order valence-electron chi connectivity index (χ3n) is 10.4. The molecule has 2 fully saturated rings. The Morgan fingerprint density at radius 1 is 0.772 bits per heavy atom. The summed E-state index contributed by atoms with van der Waals surface area (Å²) in [5.74, 6) is -1.34. The van der Waals surface area contributed by atoms with Gasteiger partial charge in [0.2, 0.25) is 0 Å². The molecule has 2 aliphatic rings. The maximum absolute atomic E-state index is 13.2. The van der Waals surface area contributed by atoms with Crippen molar-refractivity contribution in [2.24, 2.45) is 17.0 Å². The molecule has 0 spiro atoms. The minimum absolute atomic E-state index is 0.127. The van der Waals surface area contributed by atoms with Gasteiger partial charge in [0.15, 0.2) is 12.6 Å². The van der Waals surface area contributed by atoms with Gasteiger partial charge < -0.3 is 43.2 Å². The molecule has 14 nitrogen and oxygen atoms in total. The number of hydrogen-bond acceptors (Lipinski definition) is 11. The molecule has 10 atom stereocenters. The lowest BCUT2D eigenvalue weighted by molar-refractivity contribution is -0.330. The summed E-state index contributed by atoms with van der Waals surface area (Å²) < 4.78 is 42.6. The van der Waals surface area contributed by atoms with E-state index in [2.05, 4.69) is 10.0 Å². The van der Waals surface area contributed by atoms with E-state index in [0.29, 0.717) is 32.5 Å². The first kappa shape index (κ1) is 43.6. The van der Waals surface area contributed by atoms with Gasteiger partial charge in [-0.05, 0) is 54.3 Å². The highest BCUT2D eigenvalue weighted by molar-refractivity contribution is 5.67. The van der Waals surface area contributed by atoms with E-state index in [-0.39, 0.29) is 25.9 Å². The number of amides is 1. The summed E-state index contributed by atoms with van der Waals surface area (Å²) in [5.41, 5.74) is 12.5. The van der Waals surface area contributed by atoms with Crippen LogP contribution in [0.1, 0.15) is 63.6 Å². The Morgan fingerprint density at radius 2 is 1.40 bits per heavy atom. The van der Waals surface area contributed by atoms with Crippen LogP contribution in [0.5, 0.6) is 0 Å². The van der Waals surface area contributed by atoms with Crippen LogP contribution in [0, 0.1) is 11.8 Å². The van der Waals surface area contributed by atoms with Gasteiger partial charge in [0.1, 0.15) is 25.4 Å². The van der Waals surface area contributed by atoms with Crippen LogP contribution in [-0.2, 0) is 57.7 Å². The Bertz CT molecular complexity index is 1700. The standard InChI is InChI=1S/C43H56N4O10/c1-29-37(45-46-44)42(51-24-16-8-15-23-47(25-33-17-9-5-10-18-33)43(50)54-27-35-21-13-7-14-22-35)56-36(28-52-32(4)48)39(29)57-41-30(2)40(38(49)31(3)55-41)53-26-34-19-11-6-12-20-34/h5-7,9-14,17-22,29-31,36-42,49H,8,15-16,23-28H2,1-4H3/t29-,30+,31?,36?,37?,38-,39+,40?,41+,42+/m1/s1. The number of aliphatic hydroxyl groups is 1. The second-order valence-corrected chi connectivity index (χ2v) is 14.7. The maximum atomic E-state index is 13.2. The van der Waals surface area contributed by atoms with Crippen molar-refractivity contribution >= 4 is 12.1 Å². The van der Waals surface area contributed by atoms with Gasteiger partial charge in [-0.2, -0.15) is 0 Å². The minimum atomic E-state index is -0.939. The van der Waals surface area contributed by atoms with E-state index in [9.17, 15) is 20.2 Å². The Labute approximate surface area is 334 Å². The lowest BCUT2D eigenvalue weighted by Crippen LogP contribution is -2.60. The summed E-state index contributed by atoms with van der Waals surface area (Å²) in [5, 5.41) is 15.1. The van der Waals surface area contributed by atoms with Crippen molar-refractivity contribution in [3.8, 4) is 0 Å². The number of benzene rings is 3. The molecule has 5 rings (SSSR count). The topological polar surface area (TPSA) is 171 Å². The molecular weight excluding hydrogens is 732 g/mol. The zero-order valence-corrected chi connectivity index (χ0v) is 33.2. The zero-order chi connectivity index (χ0) is 40.6. The summed E-state index contributed by atoms with van der Waals surface area (Å²) in [6, 6.07) is 28.3. The molecule has 3 aromatic carbocycles. The molecule has 0 aliphatic carbocycles. The van der Waals surface area contributed by atoms with Crippen molar-refractivity contribution < 1.29 is 47.9 Å². The summed E-state index contributed by atoms with van der Waals surface area (Å²) in [7, 11) is 0. The normalized spacial score (nSPS) is 27.2. The van der Waals surface area contributed by atoms with Crippen LogP contribution in [0.25, 0.3) is 10.4 Å². The van der Waals surface area contributed by atoms with Crippen LogP contribution in [0.4, 0.5) is 4.79 Å². The number of ether oxygens (including phenoxy) is 7. The van der Waals surface area contributed by atoms with Crippen molar-refractivity contribution in [1.82, 2.24) is 4.90 Å².